The lowest BCUT2D eigenvalue weighted by atomic mass is 9.98. The van der Waals surface area contributed by atoms with Crippen LogP contribution in [0.5, 0.6) is 0 Å². The summed E-state index contributed by atoms with van der Waals surface area (Å²) in [4.78, 5) is 18.4. The second kappa shape index (κ2) is 8.04. The third-order valence-electron chi connectivity index (χ3n) is 4.13. The van der Waals surface area contributed by atoms with E-state index in [0.29, 0.717) is 19.7 Å². The summed E-state index contributed by atoms with van der Waals surface area (Å²) in [6, 6.07) is 2.03. The predicted molar refractivity (Wildman–Crippen MR) is 89.3 cm³/mol. The van der Waals surface area contributed by atoms with Gasteiger partial charge in [-0.1, -0.05) is 0 Å². The van der Waals surface area contributed by atoms with Crippen molar-refractivity contribution >= 4 is 11.9 Å². The number of rotatable bonds is 4. The van der Waals surface area contributed by atoms with Gasteiger partial charge in [-0.15, -0.1) is 0 Å². The van der Waals surface area contributed by atoms with Crippen LogP contribution in [-0.4, -0.2) is 43.6 Å². The van der Waals surface area contributed by atoms with E-state index in [4.69, 9.17) is 9.15 Å². The largest absolute Gasteiger partial charge is 0.466 e. The van der Waals surface area contributed by atoms with Crippen LogP contribution in [0.25, 0.3) is 0 Å². The Hall–Kier alpha value is -1.98. The average Bonchev–Trinajstić information content (AvgIpc) is 2.86. The number of nitrogens with zero attached hydrogens (tertiary/aromatic N) is 2. The van der Waals surface area contributed by atoms with Crippen molar-refractivity contribution in [3.05, 3.63) is 23.2 Å². The van der Waals surface area contributed by atoms with Gasteiger partial charge in [0.25, 0.3) is 0 Å². The molecule has 1 unspecified atom stereocenters. The molecule has 2 rings (SSSR count). The number of aryl methyl sites for hydroxylation is 2. The number of carbonyl (C=O) groups excluding carboxylic acids is 1. The number of guanidine groups is 1. The number of furan rings is 1. The summed E-state index contributed by atoms with van der Waals surface area (Å²) in [5.74, 6) is 2.48. The fraction of sp³-hybridized carbons (Fsp3) is 0.647. The number of hydrogen-bond donors (Lipinski definition) is 1. The first-order valence-corrected chi connectivity index (χ1v) is 8.23. The SMILES string of the molecule is CCOC(=O)C1CCCN(C(=NC)NCc2cc(C)oc2C)C1. The van der Waals surface area contributed by atoms with E-state index in [1.165, 1.54) is 0 Å². The summed E-state index contributed by atoms with van der Waals surface area (Å²) < 4.78 is 10.7. The minimum Gasteiger partial charge on any atom is -0.466 e. The zero-order valence-corrected chi connectivity index (χ0v) is 14.5. The van der Waals surface area contributed by atoms with Gasteiger partial charge in [0.1, 0.15) is 11.5 Å². The quantitative estimate of drug-likeness (QED) is 0.523. The average molecular weight is 321 g/mol. The number of piperidine rings is 1. The highest BCUT2D eigenvalue weighted by atomic mass is 16.5. The molecule has 128 valence electrons. The van der Waals surface area contributed by atoms with Gasteiger partial charge in [-0.2, -0.15) is 0 Å². The molecule has 1 atom stereocenters. The summed E-state index contributed by atoms with van der Waals surface area (Å²) in [6.45, 7) is 8.40. The number of carbonyl (C=O) groups is 1. The Labute approximate surface area is 137 Å². The minimum atomic E-state index is -0.103. The molecule has 1 aromatic rings. The predicted octanol–water partition coefficient (Wildman–Crippen LogP) is 2.25. The van der Waals surface area contributed by atoms with Gasteiger partial charge in [0.05, 0.1) is 12.5 Å². The first-order chi connectivity index (χ1) is 11.0. The van der Waals surface area contributed by atoms with Crippen LogP contribution < -0.4 is 5.32 Å². The van der Waals surface area contributed by atoms with E-state index in [1.807, 2.05) is 26.8 Å². The maximum Gasteiger partial charge on any atom is 0.310 e. The Bertz CT molecular complexity index is 565. The summed E-state index contributed by atoms with van der Waals surface area (Å²) in [7, 11) is 1.77. The molecule has 1 saturated heterocycles. The molecule has 1 N–H and O–H groups in total. The lowest BCUT2D eigenvalue weighted by molar-refractivity contribution is -0.149. The van der Waals surface area contributed by atoms with Gasteiger partial charge in [0.2, 0.25) is 0 Å². The molecule has 2 heterocycles. The van der Waals surface area contributed by atoms with Gasteiger partial charge in [-0.25, -0.2) is 0 Å². The minimum absolute atomic E-state index is 0.0693. The molecule has 1 fully saturated rings. The van der Waals surface area contributed by atoms with Crippen molar-refractivity contribution < 1.29 is 13.9 Å². The van der Waals surface area contributed by atoms with Gasteiger partial charge >= 0.3 is 5.97 Å². The molecule has 0 spiro atoms. The van der Waals surface area contributed by atoms with Crippen molar-refractivity contribution in [3.63, 3.8) is 0 Å². The molecule has 0 bridgehead atoms. The third-order valence-corrected chi connectivity index (χ3v) is 4.13. The topological polar surface area (TPSA) is 67.1 Å². The van der Waals surface area contributed by atoms with Crippen LogP contribution in [-0.2, 0) is 16.1 Å². The molecule has 0 radical (unpaired) electrons. The van der Waals surface area contributed by atoms with E-state index in [1.54, 1.807) is 7.05 Å². The Morgan fingerprint density at radius 2 is 2.30 bits per heavy atom. The molecule has 0 aliphatic carbocycles. The molecule has 0 aromatic carbocycles. The number of hydrogen-bond acceptors (Lipinski definition) is 4. The van der Waals surface area contributed by atoms with Crippen LogP contribution in [0.1, 0.15) is 36.8 Å². The normalized spacial score (nSPS) is 18.9. The second-order valence-corrected chi connectivity index (χ2v) is 5.88. The van der Waals surface area contributed by atoms with Crippen molar-refractivity contribution in [1.29, 1.82) is 0 Å². The monoisotopic (exact) mass is 321 g/mol. The van der Waals surface area contributed by atoms with Crippen molar-refractivity contribution in [2.45, 2.75) is 40.2 Å². The van der Waals surface area contributed by atoms with E-state index in [9.17, 15) is 4.79 Å². The van der Waals surface area contributed by atoms with Gasteiger partial charge in [0.15, 0.2) is 5.96 Å². The van der Waals surface area contributed by atoms with Gasteiger partial charge in [-0.05, 0) is 39.7 Å². The molecule has 6 nitrogen and oxygen atoms in total. The van der Waals surface area contributed by atoms with Crippen LogP contribution in [0.4, 0.5) is 0 Å². The van der Waals surface area contributed by atoms with Crippen LogP contribution in [0.15, 0.2) is 15.5 Å². The van der Waals surface area contributed by atoms with E-state index in [-0.39, 0.29) is 11.9 Å². The van der Waals surface area contributed by atoms with Gasteiger partial charge in [-0.3, -0.25) is 9.79 Å². The number of nitrogens with one attached hydrogen (secondary N) is 1. The highest BCUT2D eigenvalue weighted by molar-refractivity contribution is 5.81. The van der Waals surface area contributed by atoms with Crippen molar-refractivity contribution in [3.8, 4) is 0 Å². The lowest BCUT2D eigenvalue weighted by Crippen LogP contribution is -2.48. The van der Waals surface area contributed by atoms with Crippen LogP contribution >= 0.6 is 0 Å². The van der Waals surface area contributed by atoms with E-state index in [2.05, 4.69) is 15.2 Å². The van der Waals surface area contributed by atoms with Crippen LogP contribution in [0.2, 0.25) is 0 Å². The van der Waals surface area contributed by atoms with Crippen molar-refractivity contribution in [2.24, 2.45) is 10.9 Å². The number of ether oxygens (including phenoxy) is 1. The molecule has 0 saturated carbocycles. The van der Waals surface area contributed by atoms with E-state index >= 15 is 0 Å². The molecule has 6 heteroatoms. The van der Waals surface area contributed by atoms with Gasteiger partial charge in [0, 0.05) is 32.2 Å². The van der Waals surface area contributed by atoms with Crippen molar-refractivity contribution in [1.82, 2.24) is 10.2 Å². The zero-order valence-electron chi connectivity index (χ0n) is 14.5. The maximum atomic E-state index is 12.0. The van der Waals surface area contributed by atoms with Crippen molar-refractivity contribution in [2.75, 3.05) is 26.7 Å². The lowest BCUT2D eigenvalue weighted by Gasteiger charge is -2.33. The first kappa shape index (κ1) is 17.4. The fourth-order valence-corrected chi connectivity index (χ4v) is 2.99. The molecule has 23 heavy (non-hydrogen) atoms. The first-order valence-electron chi connectivity index (χ1n) is 8.23. The number of esters is 1. The maximum absolute atomic E-state index is 12.0. The third kappa shape index (κ3) is 4.50. The fourth-order valence-electron chi connectivity index (χ4n) is 2.99. The summed E-state index contributed by atoms with van der Waals surface area (Å²) in [5, 5.41) is 3.36. The smallest absolute Gasteiger partial charge is 0.310 e. The molecule has 0 amide bonds. The number of likely N-dealkylation sites (tertiary alicyclic amines) is 1. The Morgan fingerprint density at radius 1 is 1.52 bits per heavy atom. The summed E-state index contributed by atoms with van der Waals surface area (Å²) >= 11 is 0. The molecule has 1 aliphatic heterocycles. The van der Waals surface area contributed by atoms with Crippen LogP contribution in [0, 0.1) is 19.8 Å². The molecular formula is C17H27N3O3. The Kier molecular flexibility index (Phi) is 6.07. The molecule has 1 aromatic heterocycles. The van der Waals surface area contributed by atoms with E-state index in [0.717, 1.165) is 42.4 Å². The molecule has 1 aliphatic rings. The van der Waals surface area contributed by atoms with E-state index < -0.39 is 0 Å². The number of aliphatic imine (C=N–C) groups is 1. The Morgan fingerprint density at radius 3 is 2.91 bits per heavy atom. The Balaban J connectivity index is 1.95. The summed E-state index contributed by atoms with van der Waals surface area (Å²) in [6.07, 6.45) is 1.85. The van der Waals surface area contributed by atoms with Gasteiger partial charge < -0.3 is 19.4 Å². The highest BCUT2D eigenvalue weighted by Crippen LogP contribution is 2.18. The second-order valence-electron chi connectivity index (χ2n) is 5.88. The summed E-state index contributed by atoms with van der Waals surface area (Å²) in [5.41, 5.74) is 1.13. The zero-order chi connectivity index (χ0) is 16.8. The van der Waals surface area contributed by atoms with Crippen LogP contribution in [0.3, 0.4) is 0 Å². The highest BCUT2D eigenvalue weighted by Gasteiger charge is 2.28. The standard InChI is InChI=1S/C17H27N3O3/c1-5-22-16(21)14-7-6-8-20(11-14)17(18-4)19-10-15-9-12(2)23-13(15)3/h9,14H,5-8,10-11H2,1-4H3,(H,18,19). The molecular weight excluding hydrogens is 294 g/mol.